The highest BCUT2D eigenvalue weighted by Crippen LogP contribution is 2.35. The molecule has 0 aliphatic heterocycles. The highest BCUT2D eigenvalue weighted by molar-refractivity contribution is 6.11. The van der Waals surface area contributed by atoms with Gasteiger partial charge in [-0.15, -0.1) is 0 Å². The fraction of sp³-hybridized carbons (Fsp3) is 0.342. The number of aromatic nitrogens is 1. The van der Waals surface area contributed by atoms with Gasteiger partial charge in [0.25, 0.3) is 11.8 Å². The lowest BCUT2D eigenvalue weighted by Gasteiger charge is -2.17. The Morgan fingerprint density at radius 1 is 0.962 bits per heavy atom. The molecule has 1 saturated carbocycles. The van der Waals surface area contributed by atoms with E-state index in [9.17, 15) is 24.0 Å². The summed E-state index contributed by atoms with van der Waals surface area (Å²) in [4.78, 5) is 68.3. The van der Waals surface area contributed by atoms with Crippen LogP contribution in [-0.4, -0.2) is 74.3 Å². The lowest BCUT2D eigenvalue weighted by atomic mass is 9.94. The molecule has 1 aromatic heterocycles. The minimum absolute atomic E-state index is 0.0682. The zero-order valence-electron chi connectivity index (χ0n) is 29.8. The Kier molecular flexibility index (Phi) is 14.6. The molecule has 280 valence electrons. The fourth-order valence-electron chi connectivity index (χ4n) is 5.05. The van der Waals surface area contributed by atoms with Crippen molar-refractivity contribution >= 4 is 47.4 Å². The third kappa shape index (κ3) is 11.5. The predicted octanol–water partition coefficient (Wildman–Crippen LogP) is 5.04. The number of benzene rings is 2. The molecule has 0 unspecified atom stereocenters. The van der Waals surface area contributed by atoms with E-state index in [1.807, 2.05) is 0 Å². The number of amides is 3. The normalized spacial score (nSPS) is 11.8. The maximum absolute atomic E-state index is 13.9. The summed E-state index contributed by atoms with van der Waals surface area (Å²) in [5.41, 5.74) is 6.46. The van der Waals surface area contributed by atoms with E-state index in [2.05, 4.69) is 34.4 Å². The van der Waals surface area contributed by atoms with E-state index in [4.69, 9.17) is 30.1 Å². The average Bonchev–Trinajstić information content (AvgIpc) is 4.01. The highest BCUT2D eigenvalue weighted by atomic mass is 16.7. The van der Waals surface area contributed by atoms with E-state index >= 15 is 0 Å². The monoisotopic (exact) mass is 728 g/mol. The summed E-state index contributed by atoms with van der Waals surface area (Å²) < 4.78 is 20.6. The number of anilines is 1. The van der Waals surface area contributed by atoms with Crippen molar-refractivity contribution in [1.29, 1.82) is 5.41 Å². The number of carbonyl (C=O) groups is 5. The number of pyridine rings is 1. The van der Waals surface area contributed by atoms with Gasteiger partial charge in [0, 0.05) is 40.0 Å². The van der Waals surface area contributed by atoms with Crippen molar-refractivity contribution in [3.05, 3.63) is 83.2 Å². The lowest BCUT2D eigenvalue weighted by molar-refractivity contribution is -0.150. The molecule has 4 rings (SSSR count). The maximum Gasteiger partial charge on any atom is 0.412 e. The highest BCUT2D eigenvalue weighted by Gasteiger charge is 2.26. The molecule has 6 N–H and O–H groups in total. The molecule has 0 radical (unpaired) electrons. The second-order valence-electron chi connectivity index (χ2n) is 12.1. The maximum atomic E-state index is 13.9. The van der Waals surface area contributed by atoms with Gasteiger partial charge < -0.3 is 35.3 Å². The van der Waals surface area contributed by atoms with Crippen molar-refractivity contribution < 1.29 is 42.9 Å². The number of rotatable bonds is 18. The number of amidine groups is 1. The predicted molar refractivity (Wildman–Crippen MR) is 197 cm³/mol. The van der Waals surface area contributed by atoms with Gasteiger partial charge in [0.05, 0.1) is 20.3 Å². The molecule has 0 atom stereocenters. The smallest absolute Gasteiger partial charge is 0.412 e. The number of nitrogens with two attached hydrogens (primary N) is 1. The number of alkyl carbamates (subject to hydrolysis) is 1. The summed E-state index contributed by atoms with van der Waals surface area (Å²) >= 11 is 0. The number of ether oxygens (including phenoxy) is 4. The molecule has 3 amide bonds. The van der Waals surface area contributed by atoms with Crippen LogP contribution < -0.4 is 26.4 Å². The van der Waals surface area contributed by atoms with Crippen LogP contribution in [0.15, 0.2) is 55.1 Å². The molecule has 1 aliphatic rings. The molecule has 1 fully saturated rings. The Morgan fingerprint density at radius 2 is 1.72 bits per heavy atom. The molecule has 1 aliphatic carbocycles. The zero-order chi connectivity index (χ0) is 38.3. The second kappa shape index (κ2) is 19.5. The number of nitrogens with zero attached hydrogens (tertiary/aromatic N) is 1. The Bertz CT molecular complexity index is 1840. The van der Waals surface area contributed by atoms with Crippen LogP contribution in [0.4, 0.5) is 10.5 Å². The molecule has 3 aromatic rings. The Labute approximate surface area is 307 Å². The van der Waals surface area contributed by atoms with Crippen molar-refractivity contribution in [2.75, 3.05) is 38.9 Å². The molecular weight excluding hydrogens is 684 g/mol. The molecule has 15 nitrogen and oxygen atoms in total. The summed E-state index contributed by atoms with van der Waals surface area (Å²) in [6, 6.07) is 12.1. The van der Waals surface area contributed by atoms with E-state index < -0.39 is 43.2 Å². The lowest BCUT2D eigenvalue weighted by Crippen LogP contribution is -2.31. The van der Waals surface area contributed by atoms with Crippen LogP contribution in [0.1, 0.15) is 87.9 Å². The van der Waals surface area contributed by atoms with Gasteiger partial charge in [-0.05, 0) is 73.7 Å². The van der Waals surface area contributed by atoms with Crippen LogP contribution in [0.2, 0.25) is 0 Å². The summed E-state index contributed by atoms with van der Waals surface area (Å²) in [5.74, 6) is -2.40. The van der Waals surface area contributed by atoms with Crippen molar-refractivity contribution in [2.45, 2.75) is 45.4 Å². The number of methoxy groups -OCH3 is 1. The van der Waals surface area contributed by atoms with Crippen LogP contribution in [0, 0.1) is 11.3 Å². The quantitative estimate of drug-likeness (QED) is 0.0384. The second-order valence-corrected chi connectivity index (χ2v) is 12.1. The van der Waals surface area contributed by atoms with E-state index in [0.29, 0.717) is 35.0 Å². The van der Waals surface area contributed by atoms with Crippen LogP contribution in [0.3, 0.4) is 0 Å². The molecule has 15 heteroatoms. The van der Waals surface area contributed by atoms with Gasteiger partial charge in [0.1, 0.15) is 17.3 Å². The Morgan fingerprint density at radius 3 is 2.38 bits per heavy atom. The van der Waals surface area contributed by atoms with Gasteiger partial charge in [-0.2, -0.15) is 0 Å². The summed E-state index contributed by atoms with van der Waals surface area (Å²) in [6.07, 6.45) is 6.60. The van der Waals surface area contributed by atoms with Crippen molar-refractivity contribution in [3.8, 4) is 16.9 Å². The van der Waals surface area contributed by atoms with E-state index in [1.54, 1.807) is 24.3 Å². The molecule has 1 heterocycles. The number of carbonyl (C=O) groups excluding carboxylic acids is 5. The van der Waals surface area contributed by atoms with Crippen LogP contribution in [0.5, 0.6) is 5.75 Å². The fourth-order valence-corrected chi connectivity index (χ4v) is 5.05. The number of hydrogen-bond donors (Lipinski definition) is 5. The van der Waals surface area contributed by atoms with Gasteiger partial charge in [-0.25, -0.2) is 14.6 Å². The third-order valence-corrected chi connectivity index (χ3v) is 8.16. The summed E-state index contributed by atoms with van der Waals surface area (Å²) in [5, 5.41) is 16.3. The van der Waals surface area contributed by atoms with Crippen LogP contribution in [0.25, 0.3) is 17.2 Å². The Hall–Kier alpha value is -6.09. The SMILES string of the molecule is C=Cc1cc(C(=O)Nc2ccc(C(=N)NC(=O)OCCCCCC)cc2)c(-c2ccc(C(=O)NCC3CC3)nc2C(=O)OCOC(=O)CN)cc1OC. The van der Waals surface area contributed by atoms with Gasteiger partial charge in [0.2, 0.25) is 6.79 Å². The van der Waals surface area contributed by atoms with Gasteiger partial charge in [0.15, 0.2) is 5.69 Å². The molecular formula is C38H44N6O9. The van der Waals surface area contributed by atoms with Gasteiger partial charge in [-0.1, -0.05) is 38.8 Å². The van der Waals surface area contributed by atoms with E-state index in [1.165, 1.54) is 37.5 Å². The molecule has 2 aromatic carbocycles. The number of esters is 2. The first kappa shape index (κ1) is 39.7. The minimum Gasteiger partial charge on any atom is -0.496 e. The van der Waals surface area contributed by atoms with E-state index in [0.717, 1.165) is 38.5 Å². The first-order valence-electron chi connectivity index (χ1n) is 17.2. The largest absolute Gasteiger partial charge is 0.496 e. The summed E-state index contributed by atoms with van der Waals surface area (Å²) in [7, 11) is 1.43. The Balaban J connectivity index is 1.61. The first-order chi connectivity index (χ1) is 25.6. The van der Waals surface area contributed by atoms with Gasteiger partial charge >= 0.3 is 18.0 Å². The van der Waals surface area contributed by atoms with Crippen molar-refractivity contribution in [3.63, 3.8) is 0 Å². The van der Waals surface area contributed by atoms with E-state index in [-0.39, 0.29) is 40.5 Å². The standard InChI is InChI=1S/C38H44N6O9/c1-4-6-7-8-17-51-38(49)44-34(40)25-11-13-26(14-12-25)42-35(46)29-18-24(5-2)31(50-3)19-28(29)27-15-16-30(36(47)41-21-23-9-10-23)43-33(27)37(48)53-22-52-32(45)20-39/h5,11-16,18-19,23H,2,4,6-10,17,20-22,39H2,1,3H3,(H,41,47)(H,42,46)(H2,40,44,49). The number of hydrogen-bond acceptors (Lipinski definition) is 12. The third-order valence-electron chi connectivity index (χ3n) is 8.16. The van der Waals surface area contributed by atoms with Crippen LogP contribution in [-0.2, 0) is 19.0 Å². The first-order valence-corrected chi connectivity index (χ1v) is 17.2. The molecule has 53 heavy (non-hydrogen) atoms. The minimum atomic E-state index is -1.04. The zero-order valence-corrected chi connectivity index (χ0v) is 29.8. The number of nitrogens with one attached hydrogen (secondary N) is 4. The topological polar surface area (TPSA) is 221 Å². The van der Waals surface area contributed by atoms with Gasteiger partial charge in [-0.3, -0.25) is 25.1 Å². The molecule has 0 saturated heterocycles. The van der Waals surface area contributed by atoms with Crippen LogP contribution >= 0.6 is 0 Å². The van der Waals surface area contributed by atoms with Crippen molar-refractivity contribution in [1.82, 2.24) is 15.6 Å². The number of unbranched alkanes of at least 4 members (excludes halogenated alkanes) is 3. The van der Waals surface area contributed by atoms with Crippen molar-refractivity contribution in [2.24, 2.45) is 11.7 Å². The average molecular weight is 729 g/mol. The summed E-state index contributed by atoms with van der Waals surface area (Å²) in [6.45, 7) is 5.43. The molecule has 0 bridgehead atoms. The molecule has 0 spiro atoms.